The lowest BCUT2D eigenvalue weighted by Gasteiger charge is -2.23. The predicted molar refractivity (Wildman–Crippen MR) is 81.4 cm³/mol. The second-order valence-electron chi connectivity index (χ2n) is 5.04. The smallest absolute Gasteiger partial charge is 0.101 e. The van der Waals surface area contributed by atoms with E-state index in [1.807, 2.05) is 25.1 Å². The van der Waals surface area contributed by atoms with Crippen molar-refractivity contribution >= 4 is 17.0 Å². The van der Waals surface area contributed by atoms with Gasteiger partial charge in [0.15, 0.2) is 0 Å². The molecule has 3 heteroatoms. The van der Waals surface area contributed by atoms with Crippen molar-refractivity contribution in [2.75, 3.05) is 5.32 Å². The topological polar surface area (TPSA) is 35.8 Å². The summed E-state index contributed by atoms with van der Waals surface area (Å²) in [5, 5.41) is 14.8. The number of aryl methyl sites for hydroxylation is 1. The molecule has 0 saturated heterocycles. The molecule has 19 heavy (non-hydrogen) atoms. The minimum atomic E-state index is 0.245. The van der Waals surface area contributed by atoms with Crippen LogP contribution in [0.15, 0.2) is 35.7 Å². The zero-order valence-corrected chi connectivity index (χ0v) is 12.3. The molecule has 0 amide bonds. The van der Waals surface area contributed by atoms with Crippen molar-refractivity contribution in [2.45, 2.75) is 26.8 Å². The van der Waals surface area contributed by atoms with Gasteiger partial charge < -0.3 is 5.32 Å². The maximum atomic E-state index is 9.24. The van der Waals surface area contributed by atoms with E-state index in [2.05, 4.69) is 42.7 Å². The zero-order chi connectivity index (χ0) is 13.8. The highest BCUT2D eigenvalue weighted by Crippen LogP contribution is 2.31. The molecular weight excluding hydrogens is 252 g/mol. The number of nitrogens with one attached hydrogen (secondary N) is 1. The third kappa shape index (κ3) is 3.15. The van der Waals surface area contributed by atoms with Gasteiger partial charge in [-0.1, -0.05) is 26.0 Å². The van der Waals surface area contributed by atoms with Gasteiger partial charge >= 0.3 is 0 Å². The van der Waals surface area contributed by atoms with Crippen molar-refractivity contribution in [3.63, 3.8) is 0 Å². The molecule has 0 aliphatic carbocycles. The van der Waals surface area contributed by atoms with Gasteiger partial charge in [0.2, 0.25) is 0 Å². The number of hydrogen-bond acceptors (Lipinski definition) is 3. The van der Waals surface area contributed by atoms with Crippen molar-refractivity contribution in [2.24, 2.45) is 5.92 Å². The number of anilines is 1. The van der Waals surface area contributed by atoms with Crippen LogP contribution in [-0.2, 0) is 0 Å². The lowest BCUT2D eigenvalue weighted by molar-refractivity contribution is 0.553. The normalized spacial score (nSPS) is 12.2. The van der Waals surface area contributed by atoms with Crippen molar-refractivity contribution in [3.8, 4) is 6.07 Å². The fraction of sp³-hybridized carbons (Fsp3) is 0.312. The Labute approximate surface area is 118 Å². The fourth-order valence-electron chi connectivity index (χ4n) is 2.08. The molecule has 0 aliphatic rings. The fourth-order valence-corrected chi connectivity index (χ4v) is 3.03. The molecular formula is C16H18N2S. The minimum Gasteiger partial charge on any atom is -0.376 e. The Morgan fingerprint density at radius 2 is 2.05 bits per heavy atom. The lowest BCUT2D eigenvalue weighted by atomic mass is 10.0. The number of hydrogen-bond donors (Lipinski definition) is 1. The maximum absolute atomic E-state index is 9.24. The molecule has 1 aromatic heterocycles. The van der Waals surface area contributed by atoms with Crippen molar-refractivity contribution in [1.82, 2.24) is 0 Å². The molecule has 1 unspecified atom stereocenters. The standard InChI is InChI=1S/C16H18N2S/c1-11(2)16(15-5-4-8-19-15)18-14-7-6-12(3)9-13(14)10-17/h4-9,11,16,18H,1-3H3. The summed E-state index contributed by atoms with van der Waals surface area (Å²) in [6.07, 6.45) is 0. The van der Waals surface area contributed by atoms with E-state index >= 15 is 0 Å². The molecule has 2 aromatic rings. The highest BCUT2D eigenvalue weighted by molar-refractivity contribution is 7.10. The number of benzene rings is 1. The van der Waals surface area contributed by atoms with Gasteiger partial charge in [0.25, 0.3) is 0 Å². The van der Waals surface area contributed by atoms with Gasteiger partial charge in [-0.2, -0.15) is 5.26 Å². The summed E-state index contributed by atoms with van der Waals surface area (Å²) in [4.78, 5) is 1.31. The number of nitrogens with zero attached hydrogens (tertiary/aromatic N) is 1. The van der Waals surface area contributed by atoms with Crippen LogP contribution in [0.2, 0.25) is 0 Å². The average molecular weight is 270 g/mol. The van der Waals surface area contributed by atoms with Crippen LogP contribution in [0.1, 0.15) is 35.9 Å². The van der Waals surface area contributed by atoms with Crippen LogP contribution in [-0.4, -0.2) is 0 Å². The molecule has 1 atom stereocenters. The molecule has 1 aromatic carbocycles. The van der Waals surface area contributed by atoms with Crippen LogP contribution in [0.25, 0.3) is 0 Å². The first kappa shape index (κ1) is 13.6. The van der Waals surface area contributed by atoms with Gasteiger partial charge in [-0.15, -0.1) is 11.3 Å². The van der Waals surface area contributed by atoms with Crippen LogP contribution < -0.4 is 5.32 Å². The summed E-state index contributed by atoms with van der Waals surface area (Å²) in [7, 11) is 0. The van der Waals surface area contributed by atoms with Crippen molar-refractivity contribution < 1.29 is 0 Å². The molecule has 2 rings (SSSR count). The van der Waals surface area contributed by atoms with Crippen LogP contribution in [0.5, 0.6) is 0 Å². The van der Waals surface area contributed by atoms with Crippen LogP contribution in [0, 0.1) is 24.2 Å². The molecule has 1 heterocycles. The largest absolute Gasteiger partial charge is 0.376 e. The van der Waals surface area contributed by atoms with E-state index in [-0.39, 0.29) is 6.04 Å². The molecule has 2 nitrogen and oxygen atoms in total. The third-order valence-corrected chi connectivity index (χ3v) is 4.08. The summed E-state index contributed by atoms with van der Waals surface area (Å²) < 4.78 is 0. The highest BCUT2D eigenvalue weighted by Gasteiger charge is 2.17. The molecule has 0 spiro atoms. The first-order valence-electron chi connectivity index (χ1n) is 6.42. The van der Waals surface area contributed by atoms with E-state index in [1.54, 1.807) is 11.3 Å². The van der Waals surface area contributed by atoms with Gasteiger partial charge in [0.05, 0.1) is 17.3 Å². The average Bonchev–Trinajstić information content (AvgIpc) is 2.90. The Morgan fingerprint density at radius 3 is 2.63 bits per heavy atom. The van der Waals surface area contributed by atoms with Gasteiger partial charge in [0, 0.05) is 4.88 Å². The van der Waals surface area contributed by atoms with Crippen molar-refractivity contribution in [1.29, 1.82) is 5.26 Å². The molecule has 0 saturated carbocycles. The summed E-state index contributed by atoms with van der Waals surface area (Å²) in [5.41, 5.74) is 2.74. The Hall–Kier alpha value is -1.79. The van der Waals surface area contributed by atoms with Crippen molar-refractivity contribution in [3.05, 3.63) is 51.7 Å². The Bertz CT molecular complexity index is 579. The number of rotatable bonds is 4. The molecule has 0 fully saturated rings. The SMILES string of the molecule is Cc1ccc(NC(c2cccs2)C(C)C)c(C#N)c1. The quantitative estimate of drug-likeness (QED) is 0.871. The van der Waals surface area contributed by atoms with Gasteiger partial charge in [-0.3, -0.25) is 0 Å². The first-order chi connectivity index (χ1) is 9.11. The molecule has 1 N–H and O–H groups in total. The minimum absolute atomic E-state index is 0.245. The van der Waals surface area contributed by atoms with Gasteiger partial charge in [0.1, 0.15) is 6.07 Å². The predicted octanol–water partition coefficient (Wildman–Crippen LogP) is 4.74. The van der Waals surface area contributed by atoms with E-state index < -0.39 is 0 Å². The second kappa shape index (κ2) is 5.90. The van der Waals surface area contributed by atoms with E-state index in [1.165, 1.54) is 4.88 Å². The second-order valence-corrected chi connectivity index (χ2v) is 6.02. The summed E-state index contributed by atoms with van der Waals surface area (Å²) in [6.45, 7) is 6.39. The summed E-state index contributed by atoms with van der Waals surface area (Å²) in [5.74, 6) is 0.464. The first-order valence-corrected chi connectivity index (χ1v) is 7.30. The number of thiophene rings is 1. The van der Waals surface area contributed by atoms with Crippen LogP contribution >= 0.6 is 11.3 Å². The van der Waals surface area contributed by atoms with Crippen LogP contribution in [0.4, 0.5) is 5.69 Å². The van der Waals surface area contributed by atoms with E-state index in [9.17, 15) is 5.26 Å². The summed E-state index contributed by atoms with van der Waals surface area (Å²) in [6, 6.07) is 12.7. The molecule has 0 radical (unpaired) electrons. The van der Waals surface area contributed by atoms with Gasteiger partial charge in [-0.25, -0.2) is 0 Å². The van der Waals surface area contributed by atoms with Crippen LogP contribution in [0.3, 0.4) is 0 Å². The molecule has 0 aliphatic heterocycles. The monoisotopic (exact) mass is 270 g/mol. The third-order valence-electron chi connectivity index (χ3n) is 3.12. The summed E-state index contributed by atoms with van der Waals surface area (Å²) >= 11 is 1.75. The Balaban J connectivity index is 2.31. The van der Waals surface area contributed by atoms with E-state index in [0.29, 0.717) is 11.5 Å². The Morgan fingerprint density at radius 1 is 1.26 bits per heavy atom. The van der Waals surface area contributed by atoms with E-state index in [0.717, 1.165) is 11.3 Å². The number of nitriles is 1. The van der Waals surface area contributed by atoms with Gasteiger partial charge in [-0.05, 0) is 42.0 Å². The molecule has 0 bridgehead atoms. The lowest BCUT2D eigenvalue weighted by Crippen LogP contribution is -2.16. The zero-order valence-electron chi connectivity index (χ0n) is 11.5. The highest BCUT2D eigenvalue weighted by atomic mass is 32.1. The Kier molecular flexibility index (Phi) is 4.24. The maximum Gasteiger partial charge on any atom is 0.101 e. The van der Waals surface area contributed by atoms with E-state index in [4.69, 9.17) is 0 Å². The molecule has 98 valence electrons.